The summed E-state index contributed by atoms with van der Waals surface area (Å²) in [7, 11) is 0. The second-order valence-corrected chi connectivity index (χ2v) is 3.28. The number of carbonyl (C=O) groups is 1. The van der Waals surface area contributed by atoms with E-state index in [0.717, 1.165) is 32.4 Å². The van der Waals surface area contributed by atoms with Gasteiger partial charge in [-0.1, -0.05) is 19.8 Å². The van der Waals surface area contributed by atoms with Crippen LogP contribution in [0.3, 0.4) is 0 Å². The van der Waals surface area contributed by atoms with E-state index in [-0.39, 0.29) is 5.91 Å². The number of unbranched alkanes of at least 4 members (excludes halogenated alkanes) is 2. The van der Waals surface area contributed by atoms with Crippen molar-refractivity contribution in [3.63, 3.8) is 0 Å². The van der Waals surface area contributed by atoms with Gasteiger partial charge in [-0.15, -0.1) is 0 Å². The molecule has 1 radical (unpaired) electrons. The van der Waals surface area contributed by atoms with Gasteiger partial charge < -0.3 is 9.64 Å². The molecule has 0 aromatic rings. The highest BCUT2D eigenvalue weighted by Crippen LogP contribution is 2.04. The van der Waals surface area contributed by atoms with Gasteiger partial charge in [-0.25, -0.2) is 0 Å². The van der Waals surface area contributed by atoms with E-state index in [0.29, 0.717) is 13.2 Å². The van der Waals surface area contributed by atoms with E-state index in [1.165, 1.54) is 0 Å². The number of rotatable bonds is 4. The van der Waals surface area contributed by atoms with Crippen molar-refractivity contribution in [3.8, 4) is 0 Å². The van der Waals surface area contributed by atoms with Gasteiger partial charge >= 0.3 is 0 Å². The molecule has 1 fully saturated rings. The second kappa shape index (κ2) is 5.97. The normalized spacial score (nSPS) is 17.5. The Bertz CT molecular complexity index is 153. The van der Waals surface area contributed by atoms with Crippen LogP contribution in [0.1, 0.15) is 26.2 Å². The number of carbonyl (C=O) groups excluding carboxylic acids is 1. The average molecular weight is 184 g/mol. The van der Waals surface area contributed by atoms with Crippen LogP contribution in [0.5, 0.6) is 0 Å². The molecule has 0 N–H and O–H groups in total. The molecule has 0 atom stereocenters. The minimum absolute atomic E-state index is 0.178. The number of amides is 1. The predicted octanol–water partition coefficient (Wildman–Crippen LogP) is 1.24. The molecule has 1 amide bonds. The maximum atomic E-state index is 11.5. The molecule has 0 aliphatic carbocycles. The maximum absolute atomic E-state index is 11.5. The quantitative estimate of drug-likeness (QED) is 0.615. The summed E-state index contributed by atoms with van der Waals surface area (Å²) >= 11 is 0. The Balaban J connectivity index is 2.13. The van der Waals surface area contributed by atoms with Crippen molar-refractivity contribution in [1.29, 1.82) is 0 Å². The van der Waals surface area contributed by atoms with E-state index < -0.39 is 0 Å². The molecule has 75 valence electrons. The standard InChI is InChI=1S/C10H18NO2/c1-2-3-4-5-10(12)11-6-8-13-9-7-11/h5H,2-4,6-9H2,1H3. The van der Waals surface area contributed by atoms with Crippen molar-refractivity contribution in [2.24, 2.45) is 0 Å². The lowest BCUT2D eigenvalue weighted by molar-refractivity contribution is -0.131. The molecule has 1 aliphatic rings. The van der Waals surface area contributed by atoms with Crippen LogP contribution >= 0.6 is 0 Å². The summed E-state index contributed by atoms with van der Waals surface area (Å²) in [5, 5.41) is 0. The van der Waals surface area contributed by atoms with Crippen LogP contribution in [0.2, 0.25) is 0 Å². The highest BCUT2D eigenvalue weighted by Gasteiger charge is 2.15. The minimum atomic E-state index is 0.178. The van der Waals surface area contributed by atoms with Gasteiger partial charge in [0.15, 0.2) is 0 Å². The summed E-state index contributed by atoms with van der Waals surface area (Å²) in [6.07, 6.45) is 4.96. The fourth-order valence-electron chi connectivity index (χ4n) is 1.34. The van der Waals surface area contributed by atoms with Crippen molar-refractivity contribution in [2.75, 3.05) is 26.3 Å². The third-order valence-corrected chi connectivity index (χ3v) is 2.20. The highest BCUT2D eigenvalue weighted by molar-refractivity contribution is 5.84. The molecule has 3 nitrogen and oxygen atoms in total. The highest BCUT2D eigenvalue weighted by atomic mass is 16.5. The minimum Gasteiger partial charge on any atom is -0.378 e. The summed E-state index contributed by atoms with van der Waals surface area (Å²) in [4.78, 5) is 13.3. The van der Waals surface area contributed by atoms with Gasteiger partial charge in [0.1, 0.15) is 0 Å². The molecule has 0 spiro atoms. The number of ether oxygens (including phenoxy) is 1. The summed E-state index contributed by atoms with van der Waals surface area (Å²) in [6, 6.07) is 0. The molecule has 0 bridgehead atoms. The Morgan fingerprint density at radius 2 is 2.15 bits per heavy atom. The number of nitrogens with zero attached hydrogens (tertiary/aromatic N) is 1. The summed E-state index contributed by atoms with van der Waals surface area (Å²) in [5.41, 5.74) is 0. The molecule has 13 heavy (non-hydrogen) atoms. The first-order valence-electron chi connectivity index (χ1n) is 5.04. The zero-order chi connectivity index (χ0) is 9.52. The van der Waals surface area contributed by atoms with E-state index in [9.17, 15) is 4.79 Å². The SMILES string of the molecule is CCCC[CH]C(=O)N1CCOCC1. The molecule has 1 heterocycles. The van der Waals surface area contributed by atoms with Gasteiger partial charge in [-0.05, 0) is 6.42 Å². The van der Waals surface area contributed by atoms with Crippen LogP contribution in [0.4, 0.5) is 0 Å². The molecule has 0 saturated carbocycles. The van der Waals surface area contributed by atoms with Crippen LogP contribution in [0, 0.1) is 6.42 Å². The Labute approximate surface area is 80.1 Å². The lowest BCUT2D eigenvalue weighted by Crippen LogP contribution is -2.40. The Morgan fingerprint density at radius 1 is 1.46 bits per heavy atom. The van der Waals surface area contributed by atoms with Gasteiger partial charge in [-0.2, -0.15) is 0 Å². The molecular weight excluding hydrogens is 166 g/mol. The van der Waals surface area contributed by atoms with Gasteiger partial charge in [-0.3, -0.25) is 4.79 Å². The van der Waals surface area contributed by atoms with Gasteiger partial charge in [0, 0.05) is 19.5 Å². The Kier molecular flexibility index (Phi) is 4.83. The van der Waals surface area contributed by atoms with Crippen LogP contribution in [-0.4, -0.2) is 37.1 Å². The molecule has 0 aromatic heterocycles. The smallest absolute Gasteiger partial charge is 0.226 e. The molecule has 3 heteroatoms. The first-order chi connectivity index (χ1) is 6.34. The van der Waals surface area contributed by atoms with Crippen molar-refractivity contribution in [2.45, 2.75) is 26.2 Å². The van der Waals surface area contributed by atoms with Crippen molar-refractivity contribution in [1.82, 2.24) is 4.90 Å². The van der Waals surface area contributed by atoms with Gasteiger partial charge in [0.25, 0.3) is 0 Å². The molecule has 1 rings (SSSR count). The summed E-state index contributed by atoms with van der Waals surface area (Å²) < 4.78 is 5.17. The molecular formula is C10H18NO2. The first-order valence-corrected chi connectivity index (χ1v) is 5.04. The average Bonchev–Trinajstić information content (AvgIpc) is 2.19. The van der Waals surface area contributed by atoms with Gasteiger partial charge in [0.05, 0.1) is 13.2 Å². The van der Waals surface area contributed by atoms with E-state index in [1.807, 2.05) is 4.90 Å². The van der Waals surface area contributed by atoms with E-state index in [4.69, 9.17) is 4.74 Å². The Morgan fingerprint density at radius 3 is 2.77 bits per heavy atom. The third kappa shape index (κ3) is 3.77. The fraction of sp³-hybridized carbons (Fsp3) is 0.800. The number of hydrogen-bond acceptors (Lipinski definition) is 2. The van der Waals surface area contributed by atoms with Crippen LogP contribution in [-0.2, 0) is 9.53 Å². The zero-order valence-electron chi connectivity index (χ0n) is 8.29. The number of hydrogen-bond donors (Lipinski definition) is 0. The molecule has 0 aromatic carbocycles. The van der Waals surface area contributed by atoms with E-state index in [1.54, 1.807) is 6.42 Å². The number of morpholine rings is 1. The lowest BCUT2D eigenvalue weighted by atomic mass is 10.2. The largest absolute Gasteiger partial charge is 0.378 e. The maximum Gasteiger partial charge on any atom is 0.226 e. The summed E-state index contributed by atoms with van der Waals surface area (Å²) in [6.45, 7) is 5.01. The fourth-order valence-corrected chi connectivity index (χ4v) is 1.34. The van der Waals surface area contributed by atoms with Gasteiger partial charge in [0.2, 0.25) is 5.91 Å². The molecule has 1 saturated heterocycles. The van der Waals surface area contributed by atoms with Crippen molar-refractivity contribution >= 4 is 5.91 Å². The van der Waals surface area contributed by atoms with E-state index >= 15 is 0 Å². The van der Waals surface area contributed by atoms with Crippen LogP contribution in [0.25, 0.3) is 0 Å². The third-order valence-electron chi connectivity index (χ3n) is 2.20. The predicted molar refractivity (Wildman–Crippen MR) is 51.2 cm³/mol. The monoisotopic (exact) mass is 184 g/mol. The lowest BCUT2D eigenvalue weighted by Gasteiger charge is -2.26. The van der Waals surface area contributed by atoms with Crippen molar-refractivity contribution in [3.05, 3.63) is 6.42 Å². The van der Waals surface area contributed by atoms with Crippen LogP contribution in [0.15, 0.2) is 0 Å². The summed E-state index contributed by atoms with van der Waals surface area (Å²) in [5.74, 6) is 0.178. The second-order valence-electron chi connectivity index (χ2n) is 3.28. The molecule has 1 aliphatic heterocycles. The van der Waals surface area contributed by atoms with E-state index in [2.05, 4.69) is 6.92 Å². The van der Waals surface area contributed by atoms with Crippen molar-refractivity contribution < 1.29 is 9.53 Å². The van der Waals surface area contributed by atoms with Crippen LogP contribution < -0.4 is 0 Å². The molecule has 0 unspecified atom stereocenters. The zero-order valence-corrected chi connectivity index (χ0v) is 8.29. The topological polar surface area (TPSA) is 29.5 Å². The Hall–Kier alpha value is -0.570. The first kappa shape index (κ1) is 10.5.